The molecule has 0 spiro atoms. The second kappa shape index (κ2) is 13.8. The normalized spacial score (nSPS) is 10.7. The van der Waals surface area contributed by atoms with E-state index in [0.717, 1.165) is 26.9 Å². The third kappa shape index (κ3) is 7.97. The van der Waals surface area contributed by atoms with E-state index in [1.165, 1.54) is 22.7 Å². The minimum absolute atomic E-state index is 0.173. The van der Waals surface area contributed by atoms with Gasteiger partial charge in [-0.2, -0.15) is 11.8 Å². The zero-order valence-electron chi connectivity index (χ0n) is 20.8. The van der Waals surface area contributed by atoms with Crippen molar-refractivity contribution in [2.24, 2.45) is 0 Å². The number of methoxy groups -OCH3 is 2. The summed E-state index contributed by atoms with van der Waals surface area (Å²) < 4.78 is 10.6. The van der Waals surface area contributed by atoms with Crippen molar-refractivity contribution in [3.8, 4) is 11.5 Å². The number of rotatable bonds is 13. The molecule has 0 atom stereocenters. The van der Waals surface area contributed by atoms with E-state index in [9.17, 15) is 9.59 Å². The molecule has 2 aromatic heterocycles. The molecule has 0 aliphatic carbocycles. The molecule has 4 aromatic rings. The smallest absolute Gasteiger partial charge is 0.230 e. The number of para-hydroxylation sites is 2. The van der Waals surface area contributed by atoms with Crippen LogP contribution < -0.4 is 20.1 Å². The van der Waals surface area contributed by atoms with Crippen molar-refractivity contribution < 1.29 is 19.1 Å². The number of aryl methyl sites for hydroxylation is 1. The monoisotopic (exact) mass is 570 g/mol. The van der Waals surface area contributed by atoms with Crippen molar-refractivity contribution in [3.05, 3.63) is 69.7 Å². The van der Waals surface area contributed by atoms with E-state index < -0.39 is 0 Å². The van der Waals surface area contributed by atoms with Gasteiger partial charge in [0, 0.05) is 29.1 Å². The van der Waals surface area contributed by atoms with Gasteiger partial charge in [-0.15, -0.1) is 20.4 Å². The van der Waals surface area contributed by atoms with Crippen LogP contribution in [0.15, 0.2) is 48.5 Å². The third-order valence-corrected chi connectivity index (χ3v) is 8.09. The number of hydrogen-bond acceptors (Lipinski definition) is 11. The fourth-order valence-electron chi connectivity index (χ4n) is 3.46. The first-order chi connectivity index (χ1) is 18.5. The quantitative estimate of drug-likeness (QED) is 0.227. The zero-order chi connectivity index (χ0) is 26.7. The van der Waals surface area contributed by atoms with Gasteiger partial charge in [-0.25, -0.2) is 0 Å². The first kappa shape index (κ1) is 27.5. The van der Waals surface area contributed by atoms with Crippen LogP contribution in [-0.2, 0) is 34.6 Å². The minimum Gasteiger partial charge on any atom is -0.496 e. The second-order valence-corrected chi connectivity index (χ2v) is 11.1. The standard InChI is InChI=1S/C25H26N6O4S3/c1-34-18-9-5-3-7-16(18)13-20(32)26-24-30-28-22(37-24)11-12-36-15-23-29-31-25(38-23)27-21(33)14-17-8-4-6-10-19(17)35-2/h3-10H,11-15H2,1-2H3,(H,26,30,32)(H,27,31,33). The predicted molar refractivity (Wildman–Crippen MR) is 150 cm³/mol. The summed E-state index contributed by atoms with van der Waals surface area (Å²) in [5.74, 6) is 2.48. The molecule has 4 rings (SSSR count). The lowest BCUT2D eigenvalue weighted by Gasteiger charge is -2.07. The van der Waals surface area contributed by atoms with Crippen LogP contribution in [0, 0.1) is 0 Å². The van der Waals surface area contributed by atoms with Crippen LogP contribution in [0.2, 0.25) is 0 Å². The van der Waals surface area contributed by atoms with Gasteiger partial charge in [-0.1, -0.05) is 59.1 Å². The van der Waals surface area contributed by atoms with E-state index in [1.54, 1.807) is 26.0 Å². The Balaban J connectivity index is 1.17. The number of aromatic nitrogens is 4. The van der Waals surface area contributed by atoms with E-state index in [2.05, 4.69) is 31.0 Å². The Morgan fingerprint density at radius 2 is 1.26 bits per heavy atom. The molecule has 38 heavy (non-hydrogen) atoms. The Hall–Kier alpha value is -3.55. The fraction of sp³-hybridized carbons (Fsp3) is 0.280. The number of nitrogens with one attached hydrogen (secondary N) is 2. The largest absolute Gasteiger partial charge is 0.496 e. The summed E-state index contributed by atoms with van der Waals surface area (Å²) in [6.45, 7) is 0. The van der Waals surface area contributed by atoms with Crippen LogP contribution in [-0.4, -0.2) is 52.2 Å². The summed E-state index contributed by atoms with van der Waals surface area (Å²) in [6.07, 6.45) is 1.10. The molecule has 0 saturated heterocycles. The molecule has 2 aromatic carbocycles. The number of nitrogens with zero attached hydrogens (tertiary/aromatic N) is 4. The molecular weight excluding hydrogens is 545 g/mol. The third-order valence-electron chi connectivity index (χ3n) is 5.20. The van der Waals surface area contributed by atoms with Crippen LogP contribution in [0.1, 0.15) is 21.1 Å². The summed E-state index contributed by atoms with van der Waals surface area (Å²) in [4.78, 5) is 24.8. The molecule has 2 amide bonds. The minimum atomic E-state index is -0.174. The zero-order valence-corrected chi connectivity index (χ0v) is 23.3. The SMILES string of the molecule is COc1ccccc1CC(=O)Nc1nnc(CCSCc2nnc(NC(=O)Cc3ccccc3OC)s2)s1. The van der Waals surface area contributed by atoms with E-state index in [4.69, 9.17) is 9.47 Å². The van der Waals surface area contributed by atoms with Gasteiger partial charge in [0.1, 0.15) is 21.5 Å². The number of carbonyl (C=O) groups is 2. The molecule has 0 saturated carbocycles. The van der Waals surface area contributed by atoms with Gasteiger partial charge in [0.15, 0.2) is 0 Å². The molecule has 0 aliphatic rings. The Bertz CT molecular complexity index is 1270. The molecule has 0 bridgehead atoms. The van der Waals surface area contributed by atoms with Crippen molar-refractivity contribution in [2.45, 2.75) is 25.0 Å². The van der Waals surface area contributed by atoms with E-state index in [-0.39, 0.29) is 24.7 Å². The Labute approximate surface area is 232 Å². The van der Waals surface area contributed by atoms with Gasteiger partial charge in [-0.3, -0.25) is 9.59 Å². The molecular formula is C25H26N6O4S3. The lowest BCUT2D eigenvalue weighted by molar-refractivity contribution is -0.116. The van der Waals surface area contributed by atoms with Crippen LogP contribution >= 0.6 is 34.4 Å². The molecule has 0 fully saturated rings. The number of hydrogen-bond donors (Lipinski definition) is 2. The highest BCUT2D eigenvalue weighted by Crippen LogP contribution is 2.24. The average Bonchev–Trinajstić information content (AvgIpc) is 3.56. The number of benzene rings is 2. The number of thioether (sulfide) groups is 1. The van der Waals surface area contributed by atoms with E-state index >= 15 is 0 Å². The topological polar surface area (TPSA) is 128 Å². The Kier molecular flexibility index (Phi) is 10.0. The van der Waals surface area contributed by atoms with Crippen molar-refractivity contribution in [1.29, 1.82) is 0 Å². The molecule has 198 valence electrons. The summed E-state index contributed by atoms with van der Waals surface area (Å²) in [5, 5.41) is 24.7. The first-order valence-corrected chi connectivity index (χ1v) is 14.4. The summed E-state index contributed by atoms with van der Waals surface area (Å²) in [7, 11) is 3.16. The molecule has 0 aliphatic heterocycles. The van der Waals surface area contributed by atoms with Crippen molar-refractivity contribution in [1.82, 2.24) is 20.4 Å². The van der Waals surface area contributed by atoms with Gasteiger partial charge in [0.25, 0.3) is 0 Å². The van der Waals surface area contributed by atoms with Gasteiger partial charge in [0.2, 0.25) is 22.1 Å². The van der Waals surface area contributed by atoms with E-state index in [1.807, 2.05) is 48.5 Å². The van der Waals surface area contributed by atoms with Crippen molar-refractivity contribution in [2.75, 3.05) is 30.6 Å². The van der Waals surface area contributed by atoms with Crippen LogP contribution in [0.3, 0.4) is 0 Å². The van der Waals surface area contributed by atoms with Gasteiger partial charge in [0.05, 0.1) is 27.1 Å². The lowest BCUT2D eigenvalue weighted by atomic mass is 10.1. The predicted octanol–water partition coefficient (Wildman–Crippen LogP) is 4.25. The molecule has 0 unspecified atom stereocenters. The molecule has 0 radical (unpaired) electrons. The number of anilines is 2. The van der Waals surface area contributed by atoms with Crippen molar-refractivity contribution in [3.63, 3.8) is 0 Å². The van der Waals surface area contributed by atoms with Crippen LogP contribution in [0.5, 0.6) is 11.5 Å². The first-order valence-electron chi connectivity index (χ1n) is 11.6. The van der Waals surface area contributed by atoms with Gasteiger partial charge >= 0.3 is 0 Å². The van der Waals surface area contributed by atoms with E-state index in [0.29, 0.717) is 33.9 Å². The molecule has 2 N–H and O–H groups in total. The highest BCUT2D eigenvalue weighted by Gasteiger charge is 2.13. The van der Waals surface area contributed by atoms with Crippen molar-refractivity contribution >= 4 is 56.5 Å². The second-order valence-electron chi connectivity index (χ2n) is 7.88. The molecule has 13 heteroatoms. The lowest BCUT2D eigenvalue weighted by Crippen LogP contribution is -2.14. The van der Waals surface area contributed by atoms with Gasteiger partial charge < -0.3 is 20.1 Å². The average molecular weight is 571 g/mol. The maximum Gasteiger partial charge on any atom is 0.230 e. The molecule has 2 heterocycles. The highest BCUT2D eigenvalue weighted by molar-refractivity contribution is 7.98. The summed E-state index contributed by atoms with van der Waals surface area (Å²) >= 11 is 4.40. The highest BCUT2D eigenvalue weighted by atomic mass is 32.2. The fourth-order valence-corrected chi connectivity index (χ4v) is 6.09. The number of carbonyl (C=O) groups excluding carboxylic acids is 2. The number of ether oxygens (including phenoxy) is 2. The summed E-state index contributed by atoms with van der Waals surface area (Å²) in [6, 6.07) is 14.8. The maximum atomic E-state index is 12.4. The summed E-state index contributed by atoms with van der Waals surface area (Å²) in [5.41, 5.74) is 1.62. The van der Waals surface area contributed by atoms with Crippen LogP contribution in [0.4, 0.5) is 10.3 Å². The Morgan fingerprint density at radius 3 is 1.82 bits per heavy atom. The van der Waals surface area contributed by atoms with Crippen LogP contribution in [0.25, 0.3) is 0 Å². The maximum absolute atomic E-state index is 12.4. The van der Waals surface area contributed by atoms with Gasteiger partial charge in [-0.05, 0) is 12.1 Å². The number of amides is 2. The Morgan fingerprint density at radius 1 is 0.763 bits per heavy atom. The molecule has 10 nitrogen and oxygen atoms in total.